The van der Waals surface area contributed by atoms with Gasteiger partial charge in [0.1, 0.15) is 5.75 Å². The molecule has 1 aromatic carbocycles. The number of benzene rings is 1. The van der Waals surface area contributed by atoms with Crippen LogP contribution < -0.4 is 10.1 Å². The minimum Gasteiger partial charge on any atom is -0.491 e. The van der Waals surface area contributed by atoms with Crippen molar-refractivity contribution in [1.29, 1.82) is 0 Å². The maximum atomic E-state index is 5.68. The van der Waals surface area contributed by atoms with Crippen molar-refractivity contribution in [3.63, 3.8) is 0 Å². The molecule has 1 aromatic rings. The highest BCUT2D eigenvalue weighted by Gasteiger charge is 2.33. The molecule has 0 aromatic heterocycles. The maximum absolute atomic E-state index is 5.68. The standard InChI is InChI=1S/C17H26N2O/c1-13(2)20-16-5-3-14(4-6-16)11-18-17-12-19-9-7-15(17)8-10-19/h3-6,13,15,17-18H,7-12H2,1-2H3. The van der Waals surface area contributed by atoms with Gasteiger partial charge in [0.25, 0.3) is 0 Å². The minimum absolute atomic E-state index is 0.241. The van der Waals surface area contributed by atoms with Gasteiger partial charge >= 0.3 is 0 Å². The van der Waals surface area contributed by atoms with E-state index in [2.05, 4.69) is 48.3 Å². The number of ether oxygens (including phenoxy) is 1. The SMILES string of the molecule is CC(C)Oc1ccc(CNC2CN3CCC2CC3)cc1. The molecule has 20 heavy (non-hydrogen) atoms. The predicted molar refractivity (Wildman–Crippen MR) is 82.0 cm³/mol. The molecule has 3 nitrogen and oxygen atoms in total. The lowest BCUT2D eigenvalue weighted by Crippen LogP contribution is -2.55. The summed E-state index contributed by atoms with van der Waals surface area (Å²) in [5.41, 5.74) is 1.34. The van der Waals surface area contributed by atoms with E-state index < -0.39 is 0 Å². The molecule has 4 rings (SSSR count). The van der Waals surface area contributed by atoms with Crippen LogP contribution in [0.5, 0.6) is 5.75 Å². The number of hydrogen-bond donors (Lipinski definition) is 1. The zero-order valence-electron chi connectivity index (χ0n) is 12.6. The molecule has 3 aliphatic heterocycles. The molecule has 0 aliphatic carbocycles. The Kier molecular flexibility index (Phi) is 4.27. The van der Waals surface area contributed by atoms with Crippen LogP contribution in [0.15, 0.2) is 24.3 Å². The van der Waals surface area contributed by atoms with Gasteiger partial charge in [-0.25, -0.2) is 0 Å². The summed E-state index contributed by atoms with van der Waals surface area (Å²) in [6.45, 7) is 8.94. The van der Waals surface area contributed by atoms with Gasteiger partial charge in [0.05, 0.1) is 6.10 Å². The first-order chi connectivity index (χ1) is 9.70. The average molecular weight is 274 g/mol. The molecule has 3 fully saturated rings. The number of nitrogens with zero attached hydrogens (tertiary/aromatic N) is 1. The number of hydrogen-bond acceptors (Lipinski definition) is 3. The van der Waals surface area contributed by atoms with Gasteiger partial charge in [-0.2, -0.15) is 0 Å². The quantitative estimate of drug-likeness (QED) is 0.893. The summed E-state index contributed by atoms with van der Waals surface area (Å²) in [6, 6.07) is 9.18. The van der Waals surface area contributed by atoms with E-state index in [1.54, 1.807) is 0 Å². The van der Waals surface area contributed by atoms with Gasteiger partial charge in [0, 0.05) is 19.1 Å². The van der Waals surface area contributed by atoms with Crippen LogP contribution in [0, 0.1) is 5.92 Å². The van der Waals surface area contributed by atoms with Crippen LogP contribution in [0.1, 0.15) is 32.3 Å². The summed E-state index contributed by atoms with van der Waals surface area (Å²) in [5.74, 6) is 1.86. The van der Waals surface area contributed by atoms with E-state index in [0.29, 0.717) is 6.04 Å². The Morgan fingerprint density at radius 1 is 1.20 bits per heavy atom. The molecular weight excluding hydrogens is 248 g/mol. The van der Waals surface area contributed by atoms with E-state index in [-0.39, 0.29) is 6.10 Å². The molecule has 0 amide bonds. The summed E-state index contributed by atoms with van der Waals surface area (Å²) in [6.07, 6.45) is 2.99. The predicted octanol–water partition coefficient (Wildman–Crippen LogP) is 2.66. The highest BCUT2D eigenvalue weighted by Crippen LogP contribution is 2.27. The molecule has 1 unspecified atom stereocenters. The molecule has 1 N–H and O–H groups in total. The van der Waals surface area contributed by atoms with Crippen molar-refractivity contribution in [2.75, 3.05) is 19.6 Å². The van der Waals surface area contributed by atoms with Crippen molar-refractivity contribution in [1.82, 2.24) is 10.2 Å². The Balaban J connectivity index is 1.51. The van der Waals surface area contributed by atoms with Gasteiger partial charge in [-0.1, -0.05) is 12.1 Å². The van der Waals surface area contributed by atoms with Crippen LogP contribution in [0.3, 0.4) is 0 Å². The Labute approximate surface area is 122 Å². The summed E-state index contributed by atoms with van der Waals surface area (Å²) >= 11 is 0. The molecular formula is C17H26N2O. The normalized spacial score (nSPS) is 28.9. The maximum Gasteiger partial charge on any atom is 0.119 e. The molecule has 3 heterocycles. The first-order valence-electron chi connectivity index (χ1n) is 7.92. The number of nitrogens with one attached hydrogen (secondary N) is 1. The Bertz CT molecular complexity index is 421. The molecule has 3 saturated heterocycles. The second-order valence-electron chi connectivity index (χ2n) is 6.44. The van der Waals surface area contributed by atoms with Crippen LogP contribution >= 0.6 is 0 Å². The highest BCUT2D eigenvalue weighted by molar-refractivity contribution is 5.27. The third-order valence-corrected chi connectivity index (χ3v) is 4.52. The molecule has 0 spiro atoms. The van der Waals surface area contributed by atoms with E-state index in [1.165, 1.54) is 38.0 Å². The number of rotatable bonds is 5. The lowest BCUT2D eigenvalue weighted by Gasteiger charge is -2.45. The van der Waals surface area contributed by atoms with Crippen molar-refractivity contribution >= 4 is 0 Å². The lowest BCUT2D eigenvalue weighted by molar-refractivity contribution is 0.0720. The van der Waals surface area contributed by atoms with E-state index in [4.69, 9.17) is 4.74 Å². The molecule has 110 valence electrons. The molecule has 3 aliphatic rings. The van der Waals surface area contributed by atoms with Gasteiger partial charge in [0.2, 0.25) is 0 Å². The van der Waals surface area contributed by atoms with E-state index >= 15 is 0 Å². The van der Waals surface area contributed by atoms with Crippen molar-refractivity contribution in [3.8, 4) is 5.75 Å². The van der Waals surface area contributed by atoms with Crippen molar-refractivity contribution in [3.05, 3.63) is 29.8 Å². The van der Waals surface area contributed by atoms with Crippen molar-refractivity contribution in [2.45, 2.75) is 45.4 Å². The minimum atomic E-state index is 0.241. The lowest BCUT2D eigenvalue weighted by atomic mass is 9.84. The summed E-state index contributed by atoms with van der Waals surface area (Å²) in [4.78, 5) is 2.59. The van der Waals surface area contributed by atoms with Gasteiger partial charge in [-0.05, 0) is 63.4 Å². The smallest absolute Gasteiger partial charge is 0.119 e. The van der Waals surface area contributed by atoms with Crippen LogP contribution in [-0.2, 0) is 6.54 Å². The van der Waals surface area contributed by atoms with Crippen molar-refractivity contribution in [2.24, 2.45) is 5.92 Å². The monoisotopic (exact) mass is 274 g/mol. The first-order valence-corrected chi connectivity index (χ1v) is 7.92. The number of fused-ring (bicyclic) bond motifs is 3. The van der Waals surface area contributed by atoms with E-state index in [9.17, 15) is 0 Å². The van der Waals surface area contributed by atoms with E-state index in [0.717, 1.165) is 18.2 Å². The molecule has 0 saturated carbocycles. The zero-order valence-corrected chi connectivity index (χ0v) is 12.6. The van der Waals surface area contributed by atoms with Crippen LogP contribution in [0.2, 0.25) is 0 Å². The largest absolute Gasteiger partial charge is 0.491 e. The molecule has 3 heteroatoms. The molecule has 2 bridgehead atoms. The summed E-state index contributed by atoms with van der Waals surface area (Å²) < 4.78 is 5.68. The fraction of sp³-hybridized carbons (Fsp3) is 0.647. The Morgan fingerprint density at radius 2 is 1.90 bits per heavy atom. The van der Waals surface area contributed by atoms with Gasteiger partial charge in [0.15, 0.2) is 0 Å². The van der Waals surface area contributed by atoms with Gasteiger partial charge in [-0.3, -0.25) is 0 Å². The molecule has 1 atom stereocenters. The topological polar surface area (TPSA) is 24.5 Å². The highest BCUT2D eigenvalue weighted by atomic mass is 16.5. The van der Waals surface area contributed by atoms with Gasteiger partial charge in [-0.15, -0.1) is 0 Å². The second kappa shape index (κ2) is 6.15. The molecule has 0 radical (unpaired) electrons. The average Bonchev–Trinajstić information content (AvgIpc) is 2.47. The van der Waals surface area contributed by atoms with Crippen LogP contribution in [0.25, 0.3) is 0 Å². The Hall–Kier alpha value is -1.06. The fourth-order valence-electron chi connectivity index (χ4n) is 3.40. The van der Waals surface area contributed by atoms with Crippen molar-refractivity contribution < 1.29 is 4.74 Å². The van der Waals surface area contributed by atoms with Gasteiger partial charge < -0.3 is 15.0 Å². The summed E-state index contributed by atoms with van der Waals surface area (Å²) in [7, 11) is 0. The zero-order chi connectivity index (χ0) is 13.9. The van der Waals surface area contributed by atoms with Crippen LogP contribution in [-0.4, -0.2) is 36.7 Å². The third-order valence-electron chi connectivity index (χ3n) is 4.52. The Morgan fingerprint density at radius 3 is 2.45 bits per heavy atom. The summed E-state index contributed by atoms with van der Waals surface area (Å²) in [5, 5.41) is 3.75. The number of piperidine rings is 3. The van der Waals surface area contributed by atoms with E-state index in [1.807, 2.05) is 0 Å². The van der Waals surface area contributed by atoms with Crippen LogP contribution in [0.4, 0.5) is 0 Å². The second-order valence-corrected chi connectivity index (χ2v) is 6.44. The fourth-order valence-corrected chi connectivity index (χ4v) is 3.40. The first kappa shape index (κ1) is 13.9. The third kappa shape index (κ3) is 3.33.